The Balaban J connectivity index is 2.25. The van der Waals surface area contributed by atoms with Gasteiger partial charge in [-0.15, -0.1) is 11.3 Å². The molecule has 2 atom stereocenters. The summed E-state index contributed by atoms with van der Waals surface area (Å²) in [5, 5.41) is 7.31. The van der Waals surface area contributed by atoms with Crippen molar-refractivity contribution in [2.24, 2.45) is 11.8 Å². The largest absolute Gasteiger partial charge is 0.383 e. The quantitative estimate of drug-likeness (QED) is 0.801. The molecule has 1 fully saturated rings. The smallest absolute Gasteiger partial charge is 0.113 e. The molecule has 120 valence electrons. The first-order chi connectivity index (χ1) is 9.97. The van der Waals surface area contributed by atoms with E-state index >= 15 is 0 Å². The maximum absolute atomic E-state index is 5.23. The Hall–Kier alpha value is -0.450. The molecular formula is C17H30N2OS. The molecule has 2 rings (SSSR count). The normalized spacial score (nSPS) is 30.0. The van der Waals surface area contributed by atoms with Crippen LogP contribution in [0.4, 0.5) is 0 Å². The second-order valence-electron chi connectivity index (χ2n) is 7.09. The molecule has 1 aromatic rings. The maximum Gasteiger partial charge on any atom is 0.113 e. The van der Waals surface area contributed by atoms with Gasteiger partial charge in [0.15, 0.2) is 0 Å². The van der Waals surface area contributed by atoms with E-state index in [1.54, 1.807) is 7.11 Å². The number of hydrogen-bond donors (Lipinski definition) is 1. The molecule has 21 heavy (non-hydrogen) atoms. The molecule has 0 aliphatic heterocycles. The van der Waals surface area contributed by atoms with E-state index in [1.165, 1.54) is 30.0 Å². The van der Waals surface area contributed by atoms with Crippen molar-refractivity contribution >= 4 is 11.3 Å². The van der Waals surface area contributed by atoms with Crippen molar-refractivity contribution in [3.05, 3.63) is 16.1 Å². The molecule has 0 radical (unpaired) electrons. The predicted molar refractivity (Wildman–Crippen MR) is 89.9 cm³/mol. The SMILES string of the molecule is COCCNC1(c2nc(C(C)C)cs2)CC(C)CC(C)C1. The van der Waals surface area contributed by atoms with E-state index in [9.17, 15) is 0 Å². The lowest BCUT2D eigenvalue weighted by atomic mass is 9.72. The van der Waals surface area contributed by atoms with E-state index < -0.39 is 0 Å². The molecule has 1 aliphatic carbocycles. The van der Waals surface area contributed by atoms with E-state index in [2.05, 4.69) is 38.4 Å². The Kier molecular flexibility index (Phi) is 5.81. The number of nitrogens with zero attached hydrogens (tertiary/aromatic N) is 1. The topological polar surface area (TPSA) is 34.1 Å². The minimum atomic E-state index is 0.0490. The summed E-state index contributed by atoms with van der Waals surface area (Å²) in [5.41, 5.74) is 1.28. The number of ether oxygens (including phenoxy) is 1. The van der Waals surface area contributed by atoms with Crippen molar-refractivity contribution in [3.63, 3.8) is 0 Å². The number of aromatic nitrogens is 1. The van der Waals surface area contributed by atoms with E-state index in [0.717, 1.165) is 25.0 Å². The molecule has 0 bridgehead atoms. The highest BCUT2D eigenvalue weighted by Crippen LogP contribution is 2.43. The molecular weight excluding hydrogens is 280 g/mol. The standard InChI is InChI=1S/C17H30N2OS/c1-12(2)15-11-21-16(19-15)17(18-6-7-20-5)9-13(3)8-14(4)10-17/h11-14,18H,6-10H2,1-5H3. The van der Waals surface area contributed by atoms with Crippen LogP contribution in [-0.4, -0.2) is 25.2 Å². The first-order valence-corrected chi connectivity index (χ1v) is 9.04. The summed E-state index contributed by atoms with van der Waals surface area (Å²) in [4.78, 5) is 4.97. The van der Waals surface area contributed by atoms with Crippen LogP contribution in [0.5, 0.6) is 0 Å². The van der Waals surface area contributed by atoms with Crippen molar-refractivity contribution in [3.8, 4) is 0 Å². The van der Waals surface area contributed by atoms with E-state index in [0.29, 0.717) is 5.92 Å². The van der Waals surface area contributed by atoms with Crippen molar-refractivity contribution in [2.75, 3.05) is 20.3 Å². The lowest BCUT2D eigenvalue weighted by molar-refractivity contribution is 0.123. The Morgan fingerprint density at radius 1 is 1.38 bits per heavy atom. The molecule has 0 amide bonds. The Labute approximate surface area is 133 Å². The highest BCUT2D eigenvalue weighted by Gasteiger charge is 2.41. The zero-order chi connectivity index (χ0) is 15.5. The molecule has 1 saturated carbocycles. The fourth-order valence-electron chi connectivity index (χ4n) is 3.68. The number of rotatable bonds is 6. The molecule has 3 nitrogen and oxygen atoms in total. The Morgan fingerprint density at radius 3 is 2.57 bits per heavy atom. The first-order valence-electron chi connectivity index (χ1n) is 8.16. The zero-order valence-corrected chi connectivity index (χ0v) is 14.9. The molecule has 0 saturated heterocycles. The Bertz CT molecular complexity index is 434. The number of hydrogen-bond acceptors (Lipinski definition) is 4. The maximum atomic E-state index is 5.23. The van der Waals surface area contributed by atoms with Gasteiger partial charge in [-0.05, 0) is 37.0 Å². The van der Waals surface area contributed by atoms with Crippen LogP contribution < -0.4 is 5.32 Å². The van der Waals surface area contributed by atoms with Crippen LogP contribution in [0.2, 0.25) is 0 Å². The average Bonchev–Trinajstić information content (AvgIpc) is 2.88. The molecule has 0 spiro atoms. The molecule has 1 aromatic heterocycles. The summed E-state index contributed by atoms with van der Waals surface area (Å²) >= 11 is 1.83. The van der Waals surface area contributed by atoms with Crippen LogP contribution in [0.3, 0.4) is 0 Å². The van der Waals surface area contributed by atoms with Crippen LogP contribution in [0.25, 0.3) is 0 Å². The van der Waals surface area contributed by atoms with E-state index in [-0.39, 0.29) is 5.54 Å². The molecule has 4 heteroatoms. The van der Waals surface area contributed by atoms with Gasteiger partial charge in [0.25, 0.3) is 0 Å². The molecule has 1 heterocycles. The summed E-state index contributed by atoms with van der Waals surface area (Å²) in [5.74, 6) is 2.00. The average molecular weight is 311 g/mol. The van der Waals surface area contributed by atoms with Crippen LogP contribution >= 0.6 is 11.3 Å². The molecule has 2 unspecified atom stereocenters. The second kappa shape index (κ2) is 7.21. The van der Waals surface area contributed by atoms with Gasteiger partial charge in [0.1, 0.15) is 5.01 Å². The van der Waals surface area contributed by atoms with Gasteiger partial charge in [-0.3, -0.25) is 0 Å². The van der Waals surface area contributed by atoms with Gasteiger partial charge >= 0.3 is 0 Å². The number of methoxy groups -OCH3 is 1. The first kappa shape index (κ1) is 16.9. The summed E-state index contributed by atoms with van der Waals surface area (Å²) in [6.07, 6.45) is 3.70. The minimum Gasteiger partial charge on any atom is -0.383 e. The van der Waals surface area contributed by atoms with E-state index in [4.69, 9.17) is 9.72 Å². The molecule has 0 aromatic carbocycles. The third kappa shape index (κ3) is 4.05. The summed E-state index contributed by atoms with van der Waals surface area (Å²) < 4.78 is 5.23. The third-order valence-corrected chi connectivity index (χ3v) is 5.56. The van der Waals surface area contributed by atoms with E-state index in [1.807, 2.05) is 11.3 Å². The molecule has 1 aliphatic rings. The van der Waals surface area contributed by atoms with Gasteiger partial charge in [-0.1, -0.05) is 27.7 Å². The number of nitrogens with one attached hydrogen (secondary N) is 1. The summed E-state index contributed by atoms with van der Waals surface area (Å²) in [7, 11) is 1.76. The highest BCUT2D eigenvalue weighted by atomic mass is 32.1. The summed E-state index contributed by atoms with van der Waals surface area (Å²) in [6.45, 7) is 10.8. The van der Waals surface area contributed by atoms with Crippen LogP contribution in [0, 0.1) is 11.8 Å². The Morgan fingerprint density at radius 2 is 2.05 bits per heavy atom. The van der Waals surface area contributed by atoms with Crippen molar-refractivity contribution in [1.82, 2.24) is 10.3 Å². The number of thiazole rings is 1. The zero-order valence-electron chi connectivity index (χ0n) is 14.1. The van der Waals surface area contributed by atoms with Gasteiger partial charge in [0.05, 0.1) is 17.8 Å². The fraction of sp³-hybridized carbons (Fsp3) is 0.824. The molecule has 1 N–H and O–H groups in total. The summed E-state index contributed by atoms with van der Waals surface area (Å²) in [6, 6.07) is 0. The lowest BCUT2D eigenvalue weighted by Crippen LogP contribution is -2.48. The second-order valence-corrected chi connectivity index (χ2v) is 7.95. The highest BCUT2D eigenvalue weighted by molar-refractivity contribution is 7.09. The fourth-order valence-corrected chi connectivity index (χ4v) is 4.86. The lowest BCUT2D eigenvalue weighted by Gasteiger charge is -2.42. The van der Waals surface area contributed by atoms with Gasteiger partial charge < -0.3 is 10.1 Å². The van der Waals surface area contributed by atoms with Gasteiger partial charge in [0.2, 0.25) is 0 Å². The van der Waals surface area contributed by atoms with Crippen LogP contribution in [0.15, 0.2) is 5.38 Å². The third-order valence-electron chi connectivity index (χ3n) is 4.49. The van der Waals surface area contributed by atoms with Gasteiger partial charge in [-0.25, -0.2) is 4.98 Å². The van der Waals surface area contributed by atoms with Gasteiger partial charge in [-0.2, -0.15) is 0 Å². The van der Waals surface area contributed by atoms with Crippen molar-refractivity contribution in [1.29, 1.82) is 0 Å². The minimum absolute atomic E-state index is 0.0490. The van der Waals surface area contributed by atoms with Crippen LogP contribution in [0.1, 0.15) is 63.6 Å². The van der Waals surface area contributed by atoms with Crippen molar-refractivity contribution in [2.45, 2.75) is 58.4 Å². The predicted octanol–water partition coefficient (Wildman–Crippen LogP) is 4.15. The van der Waals surface area contributed by atoms with Gasteiger partial charge in [0, 0.05) is 19.0 Å². The van der Waals surface area contributed by atoms with Crippen molar-refractivity contribution < 1.29 is 4.74 Å². The monoisotopic (exact) mass is 310 g/mol. The van der Waals surface area contributed by atoms with Crippen LogP contribution in [-0.2, 0) is 10.3 Å².